The van der Waals surface area contributed by atoms with E-state index in [-0.39, 0.29) is 5.78 Å². The van der Waals surface area contributed by atoms with E-state index < -0.39 is 6.23 Å². The van der Waals surface area contributed by atoms with Gasteiger partial charge in [-0.1, -0.05) is 58.7 Å². The van der Waals surface area contributed by atoms with Crippen LogP contribution in [0.5, 0.6) is 0 Å². The number of hydrogen-bond donors (Lipinski definition) is 0. The van der Waals surface area contributed by atoms with Crippen molar-refractivity contribution >= 4 is 39.0 Å². The summed E-state index contributed by atoms with van der Waals surface area (Å²) in [5, 5.41) is 0.603. The molecular formula is C19H17BrClNO2. The molecule has 1 aliphatic rings. The molecule has 2 aromatic rings. The monoisotopic (exact) mass is 405 g/mol. The maximum atomic E-state index is 12.6. The molecule has 5 heteroatoms. The zero-order chi connectivity index (χ0) is 17.1. The third kappa shape index (κ3) is 3.61. The lowest BCUT2D eigenvalue weighted by Gasteiger charge is -2.13. The summed E-state index contributed by atoms with van der Waals surface area (Å²) in [6, 6.07) is 13.4. The Kier molecular flexibility index (Phi) is 5.49. The summed E-state index contributed by atoms with van der Waals surface area (Å²) >= 11 is 9.89. The highest BCUT2D eigenvalue weighted by molar-refractivity contribution is 9.10. The van der Waals surface area contributed by atoms with Gasteiger partial charge in [-0.15, -0.1) is 0 Å². The van der Waals surface area contributed by atoms with E-state index >= 15 is 0 Å². The molecule has 24 heavy (non-hydrogen) atoms. The molecule has 124 valence electrons. The minimum atomic E-state index is -0.789. The van der Waals surface area contributed by atoms with E-state index in [0.29, 0.717) is 23.8 Å². The smallest absolute Gasteiger partial charge is 0.208 e. The second-order valence-corrected chi connectivity index (χ2v) is 6.95. The molecule has 0 spiro atoms. The quantitative estimate of drug-likeness (QED) is 0.730. The molecule has 0 saturated carbocycles. The number of benzene rings is 2. The fourth-order valence-electron chi connectivity index (χ4n) is 2.68. The molecule has 2 aromatic carbocycles. The van der Waals surface area contributed by atoms with Crippen molar-refractivity contribution in [2.45, 2.75) is 26.0 Å². The van der Waals surface area contributed by atoms with Crippen LogP contribution in [-0.2, 0) is 16.0 Å². The number of hydrogen-bond acceptors (Lipinski definition) is 3. The topological polar surface area (TPSA) is 38.7 Å². The van der Waals surface area contributed by atoms with Crippen molar-refractivity contribution in [3.63, 3.8) is 0 Å². The molecule has 0 fully saturated rings. The van der Waals surface area contributed by atoms with E-state index in [2.05, 4.69) is 20.9 Å². The molecular weight excluding hydrogens is 390 g/mol. The second kappa shape index (κ2) is 7.60. The zero-order valence-corrected chi connectivity index (χ0v) is 15.6. The van der Waals surface area contributed by atoms with Crippen molar-refractivity contribution in [1.29, 1.82) is 0 Å². The van der Waals surface area contributed by atoms with Gasteiger partial charge in [0.05, 0.1) is 5.71 Å². The van der Waals surface area contributed by atoms with Crippen molar-refractivity contribution < 1.29 is 9.53 Å². The van der Waals surface area contributed by atoms with Crippen LogP contribution >= 0.6 is 27.5 Å². The van der Waals surface area contributed by atoms with Crippen LogP contribution in [0.25, 0.3) is 0 Å². The molecule has 0 amide bonds. The minimum absolute atomic E-state index is 0.0333. The molecule has 3 rings (SSSR count). The minimum Gasteiger partial charge on any atom is -0.350 e. The predicted molar refractivity (Wildman–Crippen MR) is 100.0 cm³/mol. The van der Waals surface area contributed by atoms with Crippen LogP contribution in [0.3, 0.4) is 0 Å². The van der Waals surface area contributed by atoms with Gasteiger partial charge in [0.1, 0.15) is 0 Å². The summed E-state index contributed by atoms with van der Waals surface area (Å²) in [4.78, 5) is 17.2. The summed E-state index contributed by atoms with van der Waals surface area (Å²) in [7, 11) is 0. The van der Waals surface area contributed by atoms with Gasteiger partial charge in [0.15, 0.2) is 5.78 Å². The van der Waals surface area contributed by atoms with Crippen LogP contribution in [0, 0.1) is 0 Å². The van der Waals surface area contributed by atoms with E-state index in [4.69, 9.17) is 16.3 Å². The van der Waals surface area contributed by atoms with Gasteiger partial charge in [-0.25, -0.2) is 4.99 Å². The number of Topliss-reactive ketones (excluding diaryl/α,β-unsaturated/α-hetero) is 1. The Bertz CT molecular complexity index is 804. The summed E-state index contributed by atoms with van der Waals surface area (Å²) in [5.41, 5.74) is 3.35. The molecule has 1 unspecified atom stereocenters. The molecule has 1 atom stereocenters. The van der Waals surface area contributed by atoms with Gasteiger partial charge >= 0.3 is 0 Å². The number of carbonyl (C=O) groups is 1. The Morgan fingerprint density at radius 1 is 1.25 bits per heavy atom. The van der Waals surface area contributed by atoms with Gasteiger partial charge in [0.25, 0.3) is 0 Å². The van der Waals surface area contributed by atoms with Gasteiger partial charge in [0, 0.05) is 33.6 Å². The van der Waals surface area contributed by atoms with Crippen LogP contribution in [0.4, 0.5) is 0 Å². The lowest BCUT2D eigenvalue weighted by atomic mass is 9.96. The first-order valence-electron chi connectivity index (χ1n) is 7.86. The number of aliphatic imine (C=N–C) groups is 1. The van der Waals surface area contributed by atoms with Gasteiger partial charge in [-0.3, -0.25) is 4.79 Å². The standard InChI is InChI=1S/C19H17BrClNO2/c1-2-9-24-19-17(23)10-12-7-8-13(20)11-15(12)18(22-19)14-5-3-4-6-16(14)21/h3-8,11,19H,2,9-10H2,1H3. The Labute approximate surface area is 154 Å². The number of nitrogens with zero attached hydrogens (tertiary/aromatic N) is 1. The summed E-state index contributed by atoms with van der Waals surface area (Å²) in [6.07, 6.45) is 0.343. The highest BCUT2D eigenvalue weighted by Gasteiger charge is 2.27. The van der Waals surface area contributed by atoms with Crippen molar-refractivity contribution in [2.24, 2.45) is 4.99 Å². The number of ketones is 1. The van der Waals surface area contributed by atoms with Crippen LogP contribution in [0.2, 0.25) is 5.02 Å². The first-order valence-corrected chi connectivity index (χ1v) is 9.03. The zero-order valence-electron chi connectivity index (χ0n) is 13.3. The van der Waals surface area contributed by atoms with Gasteiger partial charge in [-0.05, 0) is 30.2 Å². The van der Waals surface area contributed by atoms with Gasteiger partial charge in [-0.2, -0.15) is 0 Å². The molecule has 0 aromatic heterocycles. The third-order valence-corrected chi connectivity index (χ3v) is 4.65. The fraction of sp³-hybridized carbons (Fsp3) is 0.263. The average Bonchev–Trinajstić information content (AvgIpc) is 2.70. The van der Waals surface area contributed by atoms with Crippen molar-refractivity contribution in [3.05, 3.63) is 68.7 Å². The van der Waals surface area contributed by atoms with E-state index in [0.717, 1.165) is 27.6 Å². The Balaban J connectivity index is 2.17. The molecule has 3 nitrogen and oxygen atoms in total. The summed E-state index contributed by atoms with van der Waals surface area (Å²) in [5.74, 6) is -0.0333. The third-order valence-electron chi connectivity index (χ3n) is 3.82. The molecule has 1 heterocycles. The second-order valence-electron chi connectivity index (χ2n) is 5.63. The van der Waals surface area contributed by atoms with Crippen LogP contribution in [-0.4, -0.2) is 24.3 Å². The molecule has 0 saturated heterocycles. The van der Waals surface area contributed by atoms with E-state index in [1.807, 2.05) is 49.4 Å². The molecule has 0 aliphatic carbocycles. The number of fused-ring (bicyclic) bond motifs is 1. The maximum absolute atomic E-state index is 12.6. The van der Waals surface area contributed by atoms with Crippen molar-refractivity contribution in [2.75, 3.05) is 6.61 Å². The number of halogens is 2. The van der Waals surface area contributed by atoms with E-state index in [9.17, 15) is 4.79 Å². The molecule has 1 aliphatic heterocycles. The SMILES string of the molecule is CCCOC1N=C(c2ccccc2Cl)c2cc(Br)ccc2CC1=O. The Hall–Kier alpha value is -1.49. The highest BCUT2D eigenvalue weighted by Crippen LogP contribution is 2.28. The van der Waals surface area contributed by atoms with Crippen LogP contribution in [0.1, 0.15) is 30.0 Å². The first-order chi connectivity index (χ1) is 11.6. The van der Waals surface area contributed by atoms with E-state index in [1.165, 1.54) is 0 Å². The molecule has 0 bridgehead atoms. The van der Waals surface area contributed by atoms with Crippen molar-refractivity contribution in [3.8, 4) is 0 Å². The average molecular weight is 407 g/mol. The summed E-state index contributed by atoms with van der Waals surface area (Å²) < 4.78 is 6.62. The molecule has 0 N–H and O–H groups in total. The molecule has 0 radical (unpaired) electrons. The predicted octanol–water partition coefficient (Wildman–Crippen LogP) is 4.82. The number of carbonyl (C=O) groups excluding carboxylic acids is 1. The first kappa shape index (κ1) is 17.3. The number of rotatable bonds is 4. The lowest BCUT2D eigenvalue weighted by Crippen LogP contribution is -2.24. The van der Waals surface area contributed by atoms with Crippen LogP contribution < -0.4 is 0 Å². The largest absolute Gasteiger partial charge is 0.350 e. The normalized spacial score (nSPS) is 17.2. The van der Waals surface area contributed by atoms with Gasteiger partial charge in [0.2, 0.25) is 6.23 Å². The Morgan fingerprint density at radius 3 is 2.79 bits per heavy atom. The van der Waals surface area contributed by atoms with Crippen LogP contribution in [0.15, 0.2) is 51.9 Å². The van der Waals surface area contributed by atoms with Gasteiger partial charge < -0.3 is 4.74 Å². The highest BCUT2D eigenvalue weighted by atomic mass is 79.9. The number of ether oxygens (including phenoxy) is 1. The lowest BCUT2D eigenvalue weighted by molar-refractivity contribution is -0.129. The Morgan fingerprint density at radius 2 is 2.04 bits per heavy atom. The summed E-state index contributed by atoms with van der Waals surface area (Å²) in [6.45, 7) is 2.50. The fourth-order valence-corrected chi connectivity index (χ4v) is 3.27. The maximum Gasteiger partial charge on any atom is 0.208 e. The van der Waals surface area contributed by atoms with E-state index in [1.54, 1.807) is 0 Å². The van der Waals surface area contributed by atoms with Crippen molar-refractivity contribution in [1.82, 2.24) is 0 Å².